The van der Waals surface area contributed by atoms with E-state index in [2.05, 4.69) is 25.5 Å². The number of aromatic nitrogens is 4. The SMILES string of the molecule is COc1cnc(C)c(F)c1-c1cc(C)ncc1C(=O)Nc1nnc(OC2CCC(O)CC2)s1. The first-order valence-electron chi connectivity index (χ1n) is 10.5. The summed E-state index contributed by atoms with van der Waals surface area (Å²) in [6, 6.07) is 1.63. The van der Waals surface area contributed by atoms with Gasteiger partial charge in [0.2, 0.25) is 5.13 Å². The molecule has 174 valence electrons. The average Bonchev–Trinajstić information content (AvgIpc) is 3.23. The minimum absolute atomic E-state index is 0.0387. The first kappa shape index (κ1) is 23.0. The van der Waals surface area contributed by atoms with Crippen molar-refractivity contribution in [2.45, 2.75) is 51.7 Å². The molecule has 0 saturated heterocycles. The molecule has 0 aliphatic heterocycles. The number of nitrogens with one attached hydrogen (secondary N) is 1. The van der Waals surface area contributed by atoms with Crippen LogP contribution in [0.5, 0.6) is 10.9 Å². The Hall–Kier alpha value is -3.18. The summed E-state index contributed by atoms with van der Waals surface area (Å²) in [5.41, 5.74) is 1.43. The van der Waals surface area contributed by atoms with Gasteiger partial charge in [0.25, 0.3) is 11.1 Å². The van der Waals surface area contributed by atoms with Crippen LogP contribution >= 0.6 is 11.3 Å². The lowest BCUT2D eigenvalue weighted by Crippen LogP contribution is -2.26. The van der Waals surface area contributed by atoms with E-state index >= 15 is 4.39 Å². The molecule has 3 aromatic heterocycles. The number of methoxy groups -OCH3 is 1. The lowest BCUT2D eigenvalue weighted by Gasteiger charge is -2.24. The van der Waals surface area contributed by atoms with Gasteiger partial charge in [-0.25, -0.2) is 4.39 Å². The van der Waals surface area contributed by atoms with E-state index in [0.717, 1.165) is 24.2 Å². The maximum atomic E-state index is 15.0. The molecule has 0 atom stereocenters. The highest BCUT2D eigenvalue weighted by Crippen LogP contribution is 2.36. The van der Waals surface area contributed by atoms with Gasteiger partial charge in [0.15, 0.2) is 5.82 Å². The molecule has 9 nitrogen and oxygen atoms in total. The van der Waals surface area contributed by atoms with Crippen molar-refractivity contribution in [3.8, 4) is 22.1 Å². The second kappa shape index (κ2) is 9.75. The van der Waals surface area contributed by atoms with Gasteiger partial charge in [-0.15, -0.1) is 5.10 Å². The van der Waals surface area contributed by atoms with E-state index in [1.54, 1.807) is 19.9 Å². The molecule has 11 heteroatoms. The standard InChI is InChI=1S/C22H24FN5O4S/c1-11-8-15(18-17(31-3)10-25-12(2)19(18)23)16(9-24-11)20(30)26-21-27-28-22(33-21)32-14-6-4-13(29)5-7-14/h8-10,13-14,29H,4-7H2,1-3H3,(H,26,27,30). The molecule has 33 heavy (non-hydrogen) atoms. The van der Waals surface area contributed by atoms with Crippen molar-refractivity contribution in [3.05, 3.63) is 41.2 Å². The van der Waals surface area contributed by atoms with Crippen molar-refractivity contribution in [1.82, 2.24) is 20.2 Å². The highest BCUT2D eigenvalue weighted by molar-refractivity contribution is 7.17. The number of aliphatic hydroxyl groups is 1. The van der Waals surface area contributed by atoms with Crippen molar-refractivity contribution < 1.29 is 23.8 Å². The molecule has 1 saturated carbocycles. The zero-order valence-electron chi connectivity index (χ0n) is 18.5. The number of hydrogen-bond acceptors (Lipinski definition) is 9. The lowest BCUT2D eigenvalue weighted by molar-refractivity contribution is 0.0661. The Morgan fingerprint density at radius 1 is 1.18 bits per heavy atom. The van der Waals surface area contributed by atoms with Gasteiger partial charge in [0, 0.05) is 17.5 Å². The normalized spacial score (nSPS) is 18.1. The van der Waals surface area contributed by atoms with Gasteiger partial charge in [-0.05, 0) is 56.9 Å². The molecule has 0 spiro atoms. The fourth-order valence-electron chi connectivity index (χ4n) is 3.70. The van der Waals surface area contributed by atoms with Crippen LogP contribution in [0.1, 0.15) is 47.4 Å². The Bertz CT molecular complexity index is 1160. The zero-order chi connectivity index (χ0) is 23.5. The van der Waals surface area contributed by atoms with Gasteiger partial charge in [-0.1, -0.05) is 5.10 Å². The fraction of sp³-hybridized carbons (Fsp3) is 0.409. The van der Waals surface area contributed by atoms with Gasteiger partial charge < -0.3 is 14.6 Å². The minimum atomic E-state index is -0.571. The molecule has 1 aliphatic carbocycles. The predicted octanol–water partition coefficient (Wildman–Crippen LogP) is 3.69. The zero-order valence-corrected chi connectivity index (χ0v) is 19.3. The largest absolute Gasteiger partial charge is 0.494 e. The van der Waals surface area contributed by atoms with Gasteiger partial charge in [-0.2, -0.15) is 0 Å². The van der Waals surface area contributed by atoms with Gasteiger partial charge in [0.1, 0.15) is 11.9 Å². The van der Waals surface area contributed by atoms with Crippen molar-refractivity contribution in [2.75, 3.05) is 12.4 Å². The Morgan fingerprint density at radius 3 is 2.67 bits per heavy atom. The maximum Gasteiger partial charge on any atom is 0.296 e. The molecule has 0 bridgehead atoms. The summed E-state index contributed by atoms with van der Waals surface area (Å²) < 4.78 is 26.2. The van der Waals surface area contributed by atoms with Crippen LogP contribution in [0.3, 0.4) is 0 Å². The topological polar surface area (TPSA) is 119 Å². The number of ether oxygens (including phenoxy) is 2. The molecule has 1 aliphatic rings. The summed E-state index contributed by atoms with van der Waals surface area (Å²) in [5.74, 6) is -0.878. The van der Waals surface area contributed by atoms with Crippen molar-refractivity contribution in [1.29, 1.82) is 0 Å². The Kier molecular flexibility index (Phi) is 6.80. The second-order valence-electron chi connectivity index (χ2n) is 7.85. The average molecular weight is 474 g/mol. The number of carbonyl (C=O) groups excluding carboxylic acids is 1. The van der Waals surface area contributed by atoms with Crippen LogP contribution in [0.2, 0.25) is 0 Å². The van der Waals surface area contributed by atoms with Gasteiger partial charge in [0.05, 0.1) is 36.2 Å². The van der Waals surface area contributed by atoms with Crippen molar-refractivity contribution in [3.63, 3.8) is 0 Å². The predicted molar refractivity (Wildman–Crippen MR) is 120 cm³/mol. The van der Waals surface area contributed by atoms with E-state index in [9.17, 15) is 9.90 Å². The number of carbonyl (C=O) groups is 1. The number of nitrogens with zero attached hydrogens (tertiary/aromatic N) is 4. The molecule has 1 amide bonds. The number of amides is 1. The van der Waals surface area contributed by atoms with Gasteiger partial charge >= 0.3 is 0 Å². The molecule has 2 N–H and O–H groups in total. The third-order valence-electron chi connectivity index (χ3n) is 5.47. The highest BCUT2D eigenvalue weighted by Gasteiger charge is 2.24. The van der Waals surface area contributed by atoms with Crippen molar-refractivity contribution >= 4 is 22.4 Å². The van der Waals surface area contributed by atoms with Crippen LogP contribution in [0.15, 0.2) is 18.5 Å². The first-order chi connectivity index (χ1) is 15.9. The summed E-state index contributed by atoms with van der Waals surface area (Å²) >= 11 is 1.10. The van der Waals surface area contributed by atoms with Crippen LogP contribution in [-0.2, 0) is 0 Å². The summed E-state index contributed by atoms with van der Waals surface area (Å²) in [7, 11) is 1.42. The fourth-order valence-corrected chi connectivity index (χ4v) is 4.35. The molecule has 0 unspecified atom stereocenters. The summed E-state index contributed by atoms with van der Waals surface area (Å²) in [4.78, 5) is 21.3. The molecular weight excluding hydrogens is 449 g/mol. The number of anilines is 1. The highest BCUT2D eigenvalue weighted by atomic mass is 32.1. The summed E-state index contributed by atoms with van der Waals surface area (Å²) in [6.07, 6.45) is 5.33. The van der Waals surface area contributed by atoms with E-state index in [1.165, 1.54) is 19.5 Å². The van der Waals surface area contributed by atoms with Crippen LogP contribution < -0.4 is 14.8 Å². The van der Waals surface area contributed by atoms with E-state index in [4.69, 9.17) is 9.47 Å². The molecule has 4 rings (SSSR count). The number of rotatable bonds is 6. The van der Waals surface area contributed by atoms with E-state index in [1.807, 2.05) is 0 Å². The van der Waals surface area contributed by atoms with Crippen molar-refractivity contribution in [2.24, 2.45) is 0 Å². The number of aryl methyl sites for hydroxylation is 2. The Balaban J connectivity index is 1.57. The van der Waals surface area contributed by atoms with Crippen LogP contribution in [0.4, 0.5) is 9.52 Å². The van der Waals surface area contributed by atoms with E-state index in [-0.39, 0.29) is 39.9 Å². The Labute approximate surface area is 194 Å². The molecule has 3 aromatic rings. The molecule has 0 aromatic carbocycles. The number of aliphatic hydroxyl groups excluding tert-OH is 1. The monoisotopic (exact) mass is 473 g/mol. The van der Waals surface area contributed by atoms with E-state index < -0.39 is 11.7 Å². The second-order valence-corrected chi connectivity index (χ2v) is 8.79. The van der Waals surface area contributed by atoms with Gasteiger partial charge in [-0.3, -0.25) is 20.1 Å². The van der Waals surface area contributed by atoms with E-state index in [0.29, 0.717) is 29.3 Å². The summed E-state index contributed by atoms with van der Waals surface area (Å²) in [6.45, 7) is 3.30. The molecular formula is C22H24FN5O4S. The molecule has 0 radical (unpaired) electrons. The minimum Gasteiger partial charge on any atom is -0.494 e. The first-order valence-corrected chi connectivity index (χ1v) is 11.3. The number of pyridine rings is 2. The van der Waals surface area contributed by atoms with Crippen LogP contribution in [-0.4, -0.2) is 50.5 Å². The van der Waals surface area contributed by atoms with Crippen LogP contribution in [0, 0.1) is 19.7 Å². The quantitative estimate of drug-likeness (QED) is 0.556. The van der Waals surface area contributed by atoms with Crippen LogP contribution in [0.25, 0.3) is 11.1 Å². The number of hydrogen-bond donors (Lipinski definition) is 2. The molecule has 3 heterocycles. The lowest BCUT2D eigenvalue weighted by atomic mass is 9.95. The summed E-state index contributed by atoms with van der Waals surface area (Å²) in [5, 5.41) is 20.9. The molecule has 1 fully saturated rings. The Morgan fingerprint density at radius 2 is 1.94 bits per heavy atom. The third kappa shape index (κ3) is 5.09. The third-order valence-corrected chi connectivity index (χ3v) is 6.20. The number of halogens is 1. The smallest absolute Gasteiger partial charge is 0.296 e. The maximum absolute atomic E-state index is 15.0.